The van der Waals surface area contributed by atoms with E-state index in [0.29, 0.717) is 28.1 Å². The van der Waals surface area contributed by atoms with E-state index in [9.17, 15) is 14.0 Å². The van der Waals surface area contributed by atoms with Crippen LogP contribution in [0.1, 0.15) is 41.2 Å². The number of halogens is 1. The van der Waals surface area contributed by atoms with Gasteiger partial charge in [0.05, 0.1) is 30.2 Å². The molecule has 3 aromatic rings. The molecule has 1 atom stereocenters. The predicted octanol–water partition coefficient (Wildman–Crippen LogP) is 4.81. The summed E-state index contributed by atoms with van der Waals surface area (Å²) in [5.74, 6) is -0.641. The van der Waals surface area contributed by atoms with Crippen LogP contribution in [-0.2, 0) is 11.3 Å². The maximum atomic E-state index is 14.8. The summed E-state index contributed by atoms with van der Waals surface area (Å²) in [5.41, 5.74) is 3.82. The third-order valence-electron chi connectivity index (χ3n) is 5.83. The van der Waals surface area contributed by atoms with Crippen LogP contribution in [0.2, 0.25) is 0 Å². The lowest BCUT2D eigenvalue weighted by atomic mass is 9.98. The monoisotopic (exact) mass is 462 g/mol. The van der Waals surface area contributed by atoms with Crippen molar-refractivity contribution < 1.29 is 18.7 Å². The van der Waals surface area contributed by atoms with Gasteiger partial charge in [-0.1, -0.05) is 26.0 Å². The quantitative estimate of drug-likeness (QED) is 0.568. The van der Waals surface area contributed by atoms with Crippen LogP contribution in [-0.4, -0.2) is 34.6 Å². The Balaban J connectivity index is 1.73. The number of nitrogens with zero attached hydrogens (tertiary/aromatic N) is 3. The lowest BCUT2D eigenvalue weighted by Crippen LogP contribution is -2.37. The molecule has 0 bridgehead atoms. The van der Waals surface area contributed by atoms with Gasteiger partial charge in [-0.2, -0.15) is 0 Å². The van der Waals surface area contributed by atoms with E-state index in [1.165, 1.54) is 6.07 Å². The van der Waals surface area contributed by atoms with E-state index in [1.54, 1.807) is 41.6 Å². The number of hydrogen-bond donors (Lipinski definition) is 1. The van der Waals surface area contributed by atoms with Gasteiger partial charge < -0.3 is 10.1 Å². The molecule has 1 unspecified atom stereocenters. The summed E-state index contributed by atoms with van der Waals surface area (Å²) in [6.45, 7) is 8.08. The first-order chi connectivity index (χ1) is 16.2. The third-order valence-corrected chi connectivity index (χ3v) is 5.83. The Bertz CT molecular complexity index is 1230. The number of cyclic esters (lactones) is 1. The van der Waals surface area contributed by atoms with E-state index in [1.807, 2.05) is 33.8 Å². The molecule has 1 aromatic heterocycles. The van der Waals surface area contributed by atoms with E-state index >= 15 is 0 Å². The molecule has 2 amide bonds. The first-order valence-corrected chi connectivity index (χ1v) is 11.2. The Labute approximate surface area is 198 Å². The first-order valence-electron chi connectivity index (χ1n) is 11.2. The van der Waals surface area contributed by atoms with Gasteiger partial charge >= 0.3 is 6.09 Å². The van der Waals surface area contributed by atoms with Gasteiger partial charge in [0.25, 0.3) is 5.91 Å². The maximum absolute atomic E-state index is 14.8. The second-order valence-corrected chi connectivity index (χ2v) is 8.84. The summed E-state index contributed by atoms with van der Waals surface area (Å²) in [7, 11) is 0. The molecule has 8 heteroatoms. The number of aromatic nitrogens is 2. The number of aryl methyl sites for hydroxylation is 2. The highest BCUT2D eigenvalue weighted by Crippen LogP contribution is 2.33. The van der Waals surface area contributed by atoms with Gasteiger partial charge in [-0.15, -0.1) is 0 Å². The van der Waals surface area contributed by atoms with E-state index in [2.05, 4.69) is 15.3 Å². The van der Waals surface area contributed by atoms with Gasteiger partial charge in [0.1, 0.15) is 12.4 Å². The maximum Gasteiger partial charge on any atom is 0.414 e. The topological polar surface area (TPSA) is 84.4 Å². The number of nitrogens with one attached hydrogen (secondary N) is 1. The average Bonchev–Trinajstić information content (AvgIpc) is 3.20. The van der Waals surface area contributed by atoms with Gasteiger partial charge in [0.2, 0.25) is 0 Å². The molecule has 34 heavy (non-hydrogen) atoms. The van der Waals surface area contributed by atoms with Crippen molar-refractivity contribution in [1.82, 2.24) is 15.3 Å². The fourth-order valence-electron chi connectivity index (χ4n) is 3.90. The Hall–Kier alpha value is -3.81. The van der Waals surface area contributed by atoms with Crippen LogP contribution in [0, 0.1) is 25.6 Å². The highest BCUT2D eigenvalue weighted by atomic mass is 19.1. The Morgan fingerprint density at radius 2 is 1.97 bits per heavy atom. The third kappa shape index (κ3) is 4.90. The van der Waals surface area contributed by atoms with Crippen molar-refractivity contribution in [3.05, 3.63) is 77.1 Å². The number of carbonyl (C=O) groups is 2. The van der Waals surface area contributed by atoms with Gasteiger partial charge in [-0.25, -0.2) is 9.18 Å². The standard InChI is InChI=1S/C26H27FN4O3/c1-15(2)24-14-34-26(33)31(24)21-9-18(22-6-5-16(3)7-23(22)27)8-19(10-21)25(32)30-13-20-12-28-17(4)11-29-20/h5-12,15,24H,13-14H2,1-4H3,(H,30,32). The Morgan fingerprint density at radius 1 is 1.18 bits per heavy atom. The molecule has 2 aromatic carbocycles. The molecule has 0 spiro atoms. The highest BCUT2D eigenvalue weighted by molar-refractivity contribution is 5.99. The molecule has 7 nitrogen and oxygen atoms in total. The fraction of sp³-hybridized carbons (Fsp3) is 0.308. The van der Waals surface area contributed by atoms with Gasteiger partial charge in [0, 0.05) is 23.0 Å². The van der Waals surface area contributed by atoms with Gasteiger partial charge in [-0.3, -0.25) is 19.7 Å². The Morgan fingerprint density at radius 3 is 2.65 bits per heavy atom. The number of amides is 2. The van der Waals surface area contributed by atoms with Crippen LogP contribution in [0.3, 0.4) is 0 Å². The summed E-state index contributed by atoms with van der Waals surface area (Å²) >= 11 is 0. The molecule has 1 aliphatic rings. The zero-order valence-electron chi connectivity index (χ0n) is 19.6. The first kappa shape index (κ1) is 23.4. The predicted molar refractivity (Wildman–Crippen MR) is 127 cm³/mol. The molecule has 176 valence electrons. The molecule has 0 radical (unpaired) electrons. The fourth-order valence-corrected chi connectivity index (χ4v) is 3.90. The minimum atomic E-state index is -0.485. The second kappa shape index (κ2) is 9.59. The molecule has 1 aliphatic heterocycles. The lowest BCUT2D eigenvalue weighted by Gasteiger charge is -2.25. The van der Waals surface area contributed by atoms with E-state index in [4.69, 9.17) is 4.74 Å². The van der Waals surface area contributed by atoms with Crippen LogP contribution >= 0.6 is 0 Å². The molecule has 1 fully saturated rings. The summed E-state index contributed by atoms with van der Waals surface area (Å²) in [4.78, 5) is 35.6. The summed E-state index contributed by atoms with van der Waals surface area (Å²) in [6, 6.07) is 9.71. The van der Waals surface area contributed by atoms with Crippen molar-refractivity contribution in [2.45, 2.75) is 40.3 Å². The van der Waals surface area contributed by atoms with Crippen molar-refractivity contribution in [3.8, 4) is 11.1 Å². The van der Waals surface area contributed by atoms with Crippen molar-refractivity contribution >= 4 is 17.7 Å². The van der Waals surface area contributed by atoms with Crippen LogP contribution in [0.4, 0.5) is 14.9 Å². The molecular formula is C26H27FN4O3. The van der Waals surface area contributed by atoms with E-state index < -0.39 is 11.9 Å². The molecule has 0 aliphatic carbocycles. The van der Waals surface area contributed by atoms with Gasteiger partial charge in [-0.05, 0) is 55.2 Å². The number of anilines is 1. The van der Waals surface area contributed by atoms with E-state index in [0.717, 1.165) is 11.3 Å². The molecule has 0 saturated carbocycles. The number of benzene rings is 2. The summed E-state index contributed by atoms with van der Waals surface area (Å²) in [5, 5.41) is 2.83. The lowest BCUT2D eigenvalue weighted by molar-refractivity contribution is 0.0950. The van der Waals surface area contributed by atoms with Crippen molar-refractivity contribution in [3.63, 3.8) is 0 Å². The minimum Gasteiger partial charge on any atom is -0.447 e. The summed E-state index contributed by atoms with van der Waals surface area (Å²) in [6.07, 6.45) is 2.75. The second-order valence-electron chi connectivity index (χ2n) is 8.84. The van der Waals surface area contributed by atoms with Crippen LogP contribution in [0.5, 0.6) is 0 Å². The molecular weight excluding hydrogens is 435 g/mol. The highest BCUT2D eigenvalue weighted by Gasteiger charge is 2.36. The van der Waals surface area contributed by atoms with Crippen molar-refractivity contribution in [1.29, 1.82) is 0 Å². The van der Waals surface area contributed by atoms with Crippen LogP contribution < -0.4 is 10.2 Å². The van der Waals surface area contributed by atoms with Gasteiger partial charge in [0.15, 0.2) is 0 Å². The zero-order valence-corrected chi connectivity index (χ0v) is 19.6. The SMILES string of the molecule is Cc1ccc(-c2cc(C(=O)NCc3cnc(C)cn3)cc(N3C(=O)OCC3C(C)C)c2)c(F)c1. The number of carbonyl (C=O) groups excluding carboxylic acids is 2. The van der Waals surface area contributed by atoms with Crippen LogP contribution in [0.15, 0.2) is 48.8 Å². The molecule has 4 rings (SSSR count). The Kier molecular flexibility index (Phi) is 6.58. The van der Waals surface area contributed by atoms with Crippen molar-refractivity contribution in [2.24, 2.45) is 5.92 Å². The zero-order chi connectivity index (χ0) is 24.4. The van der Waals surface area contributed by atoms with E-state index in [-0.39, 0.29) is 31.0 Å². The molecule has 2 heterocycles. The normalized spacial score (nSPS) is 15.5. The molecule has 1 N–H and O–H groups in total. The number of rotatable bonds is 6. The van der Waals surface area contributed by atoms with Crippen molar-refractivity contribution in [2.75, 3.05) is 11.5 Å². The molecule has 1 saturated heterocycles. The number of ether oxygens (including phenoxy) is 1. The summed E-state index contributed by atoms with van der Waals surface area (Å²) < 4.78 is 20.1. The smallest absolute Gasteiger partial charge is 0.414 e. The number of hydrogen-bond acceptors (Lipinski definition) is 5. The average molecular weight is 463 g/mol. The largest absolute Gasteiger partial charge is 0.447 e. The minimum absolute atomic E-state index is 0.128. The van der Waals surface area contributed by atoms with Crippen LogP contribution in [0.25, 0.3) is 11.1 Å².